The first-order valence-corrected chi connectivity index (χ1v) is 10.4. The number of nitrogens with zero attached hydrogens (tertiary/aromatic N) is 1. The summed E-state index contributed by atoms with van der Waals surface area (Å²) in [6, 6.07) is 13.5. The minimum atomic E-state index is -0.526. The van der Waals surface area contributed by atoms with Crippen molar-refractivity contribution in [3.63, 3.8) is 0 Å². The predicted molar refractivity (Wildman–Crippen MR) is 114 cm³/mol. The van der Waals surface area contributed by atoms with E-state index in [1.54, 1.807) is 48.5 Å². The number of anilines is 1. The van der Waals surface area contributed by atoms with Crippen LogP contribution in [-0.2, 0) is 9.53 Å². The van der Waals surface area contributed by atoms with E-state index < -0.39 is 5.97 Å². The van der Waals surface area contributed by atoms with E-state index in [2.05, 4.69) is 5.32 Å². The van der Waals surface area contributed by atoms with Crippen molar-refractivity contribution in [2.75, 3.05) is 19.0 Å². The highest BCUT2D eigenvalue weighted by atomic mass is 16.5. The number of hydrogen-bond donors (Lipinski definition) is 1. The van der Waals surface area contributed by atoms with Gasteiger partial charge in [0.1, 0.15) is 0 Å². The molecule has 1 heterocycles. The van der Waals surface area contributed by atoms with Crippen LogP contribution >= 0.6 is 0 Å². The average Bonchev–Trinajstić information content (AvgIpc) is 3.04. The molecule has 2 aliphatic rings. The molecule has 2 unspecified atom stereocenters. The van der Waals surface area contributed by atoms with Gasteiger partial charge in [0.05, 0.1) is 29.5 Å². The Morgan fingerprint density at radius 1 is 0.968 bits per heavy atom. The van der Waals surface area contributed by atoms with Gasteiger partial charge < -0.3 is 10.1 Å². The third kappa shape index (κ3) is 3.95. The molecule has 0 saturated heterocycles. The van der Waals surface area contributed by atoms with E-state index in [4.69, 9.17) is 4.74 Å². The molecule has 1 aliphatic heterocycles. The Morgan fingerprint density at radius 3 is 2.26 bits per heavy atom. The zero-order valence-corrected chi connectivity index (χ0v) is 17.3. The van der Waals surface area contributed by atoms with Gasteiger partial charge in [0, 0.05) is 12.5 Å². The summed E-state index contributed by atoms with van der Waals surface area (Å²) in [6.45, 7) is 0.211. The van der Waals surface area contributed by atoms with E-state index in [1.165, 1.54) is 12.0 Å². The maximum atomic E-state index is 13.1. The number of ether oxygens (including phenoxy) is 1. The second-order valence-electron chi connectivity index (χ2n) is 7.94. The van der Waals surface area contributed by atoms with Crippen molar-refractivity contribution in [3.05, 3.63) is 65.2 Å². The molecule has 4 rings (SSSR count). The van der Waals surface area contributed by atoms with Crippen molar-refractivity contribution < 1.29 is 23.9 Å². The van der Waals surface area contributed by atoms with Gasteiger partial charge in [-0.2, -0.15) is 0 Å². The number of methoxy groups -OCH3 is 1. The lowest BCUT2D eigenvalue weighted by atomic mass is 9.78. The van der Waals surface area contributed by atoms with Crippen molar-refractivity contribution in [1.29, 1.82) is 0 Å². The van der Waals surface area contributed by atoms with Crippen molar-refractivity contribution in [1.82, 2.24) is 4.90 Å². The highest BCUT2D eigenvalue weighted by molar-refractivity contribution is 6.21. The van der Waals surface area contributed by atoms with Gasteiger partial charge in [-0.25, -0.2) is 4.79 Å². The summed E-state index contributed by atoms with van der Waals surface area (Å²) in [5.41, 5.74) is 1.50. The van der Waals surface area contributed by atoms with Gasteiger partial charge >= 0.3 is 5.97 Å². The lowest BCUT2D eigenvalue weighted by Gasteiger charge is -2.33. The molecule has 0 spiro atoms. The molecule has 31 heavy (non-hydrogen) atoms. The van der Waals surface area contributed by atoms with Crippen molar-refractivity contribution in [3.8, 4) is 0 Å². The number of fused-ring (bicyclic) bond motifs is 1. The highest BCUT2D eigenvalue weighted by Gasteiger charge is 2.40. The third-order valence-electron chi connectivity index (χ3n) is 6.13. The van der Waals surface area contributed by atoms with Crippen LogP contribution in [0.3, 0.4) is 0 Å². The molecular formula is C24H24N2O5. The number of benzene rings is 2. The molecule has 7 heteroatoms. The largest absolute Gasteiger partial charge is 0.465 e. The molecule has 2 aromatic rings. The number of esters is 1. The maximum Gasteiger partial charge on any atom is 0.339 e. The summed E-state index contributed by atoms with van der Waals surface area (Å²) in [7, 11) is 1.29. The first-order chi connectivity index (χ1) is 15.0. The monoisotopic (exact) mass is 420 g/mol. The second kappa shape index (κ2) is 8.71. The summed E-state index contributed by atoms with van der Waals surface area (Å²) in [5, 5.41) is 2.86. The number of rotatable bonds is 5. The average molecular weight is 420 g/mol. The summed E-state index contributed by atoms with van der Waals surface area (Å²) < 4.78 is 4.80. The lowest BCUT2D eigenvalue weighted by Crippen LogP contribution is -2.41. The summed E-state index contributed by atoms with van der Waals surface area (Å²) in [4.78, 5) is 51.9. The topological polar surface area (TPSA) is 92.8 Å². The zero-order chi connectivity index (χ0) is 22.0. The lowest BCUT2D eigenvalue weighted by molar-refractivity contribution is -0.122. The van der Waals surface area contributed by atoms with Gasteiger partial charge in [0.15, 0.2) is 0 Å². The Morgan fingerprint density at radius 2 is 1.58 bits per heavy atom. The quantitative estimate of drug-likeness (QED) is 0.590. The minimum Gasteiger partial charge on any atom is -0.465 e. The second-order valence-corrected chi connectivity index (χ2v) is 7.94. The van der Waals surface area contributed by atoms with E-state index in [9.17, 15) is 19.2 Å². The number of amides is 3. The van der Waals surface area contributed by atoms with E-state index in [1.807, 2.05) is 0 Å². The molecule has 7 nitrogen and oxygen atoms in total. The number of hydrogen-bond acceptors (Lipinski definition) is 5. The molecule has 1 aliphatic carbocycles. The minimum absolute atomic E-state index is 0.138. The van der Waals surface area contributed by atoms with Crippen LogP contribution in [-0.4, -0.2) is 42.2 Å². The van der Waals surface area contributed by atoms with E-state index >= 15 is 0 Å². The van der Waals surface area contributed by atoms with Crippen LogP contribution in [0, 0.1) is 11.8 Å². The standard InChI is InChI=1S/C24H24N2O5/c1-31-24(30)19-12-6-7-13-20(19)25-21(27)16-9-3-2-8-15(16)14-26-22(28)17-10-4-5-11-18(17)23(26)29/h4-7,10-13,15-16H,2-3,8-9,14H2,1H3,(H,25,27). The fraction of sp³-hybridized carbons (Fsp3) is 0.333. The number of para-hydroxylation sites is 1. The highest BCUT2D eigenvalue weighted by Crippen LogP contribution is 2.34. The van der Waals surface area contributed by atoms with Crippen LogP contribution in [0.25, 0.3) is 0 Å². The molecule has 1 saturated carbocycles. The van der Waals surface area contributed by atoms with Crippen LogP contribution in [0.15, 0.2) is 48.5 Å². The molecular weight excluding hydrogens is 396 g/mol. The normalized spacial score (nSPS) is 20.4. The number of carbonyl (C=O) groups is 4. The van der Waals surface area contributed by atoms with Gasteiger partial charge in [0.2, 0.25) is 5.91 Å². The fourth-order valence-electron chi connectivity index (χ4n) is 4.52. The van der Waals surface area contributed by atoms with Crippen LogP contribution in [0.5, 0.6) is 0 Å². The first-order valence-electron chi connectivity index (χ1n) is 10.4. The summed E-state index contributed by atoms with van der Waals surface area (Å²) >= 11 is 0. The third-order valence-corrected chi connectivity index (χ3v) is 6.13. The maximum absolute atomic E-state index is 13.1. The van der Waals surface area contributed by atoms with E-state index in [-0.39, 0.29) is 41.7 Å². The number of nitrogens with one attached hydrogen (secondary N) is 1. The van der Waals surface area contributed by atoms with Crippen molar-refractivity contribution in [2.45, 2.75) is 25.7 Å². The Labute approximate surface area is 180 Å². The van der Waals surface area contributed by atoms with E-state index in [0.29, 0.717) is 23.2 Å². The first kappa shape index (κ1) is 20.8. The molecule has 2 aromatic carbocycles. The molecule has 160 valence electrons. The van der Waals surface area contributed by atoms with Crippen LogP contribution in [0.4, 0.5) is 5.69 Å². The van der Waals surface area contributed by atoms with E-state index in [0.717, 1.165) is 19.3 Å². The van der Waals surface area contributed by atoms with Gasteiger partial charge in [-0.15, -0.1) is 0 Å². The van der Waals surface area contributed by atoms with Crippen molar-refractivity contribution >= 4 is 29.4 Å². The summed E-state index contributed by atoms with van der Waals surface area (Å²) in [6.07, 6.45) is 3.26. The Hall–Kier alpha value is -3.48. The zero-order valence-electron chi connectivity index (χ0n) is 17.3. The van der Waals surface area contributed by atoms with Gasteiger partial charge in [-0.05, 0) is 43.0 Å². The molecule has 0 bridgehead atoms. The van der Waals surface area contributed by atoms with Gasteiger partial charge in [-0.3, -0.25) is 19.3 Å². The summed E-state index contributed by atoms with van der Waals surface area (Å²) in [5.74, 6) is -1.84. The fourth-order valence-corrected chi connectivity index (χ4v) is 4.52. The van der Waals surface area contributed by atoms with Crippen LogP contribution in [0.2, 0.25) is 0 Å². The Bertz CT molecular complexity index is 1010. The molecule has 1 N–H and O–H groups in total. The Kier molecular flexibility index (Phi) is 5.84. The smallest absolute Gasteiger partial charge is 0.339 e. The SMILES string of the molecule is COC(=O)c1ccccc1NC(=O)C1CCCCC1CN1C(=O)c2ccccc2C1=O. The molecule has 0 aromatic heterocycles. The number of imide groups is 1. The van der Waals surface area contributed by atoms with Crippen LogP contribution < -0.4 is 5.32 Å². The van der Waals surface area contributed by atoms with Gasteiger partial charge in [0.25, 0.3) is 11.8 Å². The molecule has 0 radical (unpaired) electrons. The predicted octanol–water partition coefficient (Wildman–Crippen LogP) is 3.51. The van der Waals surface area contributed by atoms with Gasteiger partial charge in [-0.1, -0.05) is 37.1 Å². The molecule has 3 amide bonds. The number of carbonyl (C=O) groups excluding carboxylic acids is 4. The van der Waals surface area contributed by atoms with Crippen LogP contribution in [0.1, 0.15) is 56.8 Å². The molecule has 1 fully saturated rings. The van der Waals surface area contributed by atoms with Crippen molar-refractivity contribution in [2.24, 2.45) is 11.8 Å². The Balaban J connectivity index is 1.51. The molecule has 2 atom stereocenters.